The van der Waals surface area contributed by atoms with Gasteiger partial charge in [0.2, 0.25) is 0 Å². The Morgan fingerprint density at radius 2 is 1.77 bits per heavy atom. The van der Waals surface area contributed by atoms with Gasteiger partial charge >= 0.3 is 5.97 Å². The molecule has 1 aromatic heterocycles. The Labute approximate surface area is 180 Å². The average molecular weight is 424 g/mol. The lowest BCUT2D eigenvalue weighted by molar-refractivity contribution is 0.0528. The molecule has 1 aliphatic rings. The summed E-state index contributed by atoms with van der Waals surface area (Å²) in [5, 5.41) is 1.52. The predicted octanol–water partition coefficient (Wildman–Crippen LogP) is 4.03. The van der Waals surface area contributed by atoms with Gasteiger partial charge in [0.15, 0.2) is 0 Å². The van der Waals surface area contributed by atoms with Crippen LogP contribution < -0.4 is 4.90 Å². The number of piperazine rings is 1. The van der Waals surface area contributed by atoms with Crippen molar-refractivity contribution in [3.63, 3.8) is 0 Å². The molecule has 0 spiro atoms. The Hall–Kier alpha value is -3.12. The van der Waals surface area contributed by atoms with Crippen LogP contribution in [0.1, 0.15) is 27.6 Å². The molecule has 1 amide bonds. The molecule has 0 atom stereocenters. The number of rotatable bonds is 4. The molecule has 7 heteroatoms. The van der Waals surface area contributed by atoms with E-state index in [1.54, 1.807) is 43.5 Å². The van der Waals surface area contributed by atoms with Crippen molar-refractivity contribution in [2.24, 2.45) is 0 Å². The minimum absolute atomic E-state index is 0.00972. The largest absolute Gasteiger partial charge is 0.462 e. The molecule has 1 aliphatic heterocycles. The summed E-state index contributed by atoms with van der Waals surface area (Å²) in [6, 6.07) is 14.5. The number of carbonyl (C=O) groups excluding carboxylic acids is 2. The van der Waals surface area contributed by atoms with Crippen molar-refractivity contribution in [2.45, 2.75) is 6.92 Å². The lowest BCUT2D eigenvalue weighted by atomic mass is 10.1. The number of fused-ring (bicyclic) bond motifs is 1. The van der Waals surface area contributed by atoms with Gasteiger partial charge in [-0.15, -0.1) is 0 Å². The zero-order valence-electron chi connectivity index (χ0n) is 16.7. The first-order valence-corrected chi connectivity index (χ1v) is 10.3. The molecule has 0 radical (unpaired) electrons. The molecule has 0 saturated carbocycles. The summed E-state index contributed by atoms with van der Waals surface area (Å²) >= 11 is 5.92. The highest BCUT2D eigenvalue weighted by Crippen LogP contribution is 2.29. The van der Waals surface area contributed by atoms with E-state index in [1.165, 1.54) is 0 Å². The van der Waals surface area contributed by atoms with Crippen LogP contribution in [0.2, 0.25) is 5.02 Å². The van der Waals surface area contributed by atoms with Crippen LogP contribution in [0.15, 0.2) is 54.7 Å². The third kappa shape index (κ3) is 3.96. The molecule has 0 N–H and O–H groups in total. The number of amides is 1. The minimum Gasteiger partial charge on any atom is -0.462 e. The summed E-state index contributed by atoms with van der Waals surface area (Å²) in [7, 11) is 0. The lowest BCUT2D eigenvalue weighted by Gasteiger charge is -2.36. The second-order valence-corrected chi connectivity index (χ2v) is 7.47. The van der Waals surface area contributed by atoms with Crippen LogP contribution in [0.5, 0.6) is 0 Å². The van der Waals surface area contributed by atoms with E-state index in [9.17, 15) is 9.59 Å². The fraction of sp³-hybridized carbons (Fsp3) is 0.261. The second-order valence-electron chi connectivity index (χ2n) is 7.04. The molecule has 6 nitrogen and oxygen atoms in total. The van der Waals surface area contributed by atoms with E-state index in [0.29, 0.717) is 54.5 Å². The zero-order valence-corrected chi connectivity index (χ0v) is 17.4. The molecule has 2 heterocycles. The number of halogens is 1. The summed E-state index contributed by atoms with van der Waals surface area (Å²) < 4.78 is 5.17. The van der Waals surface area contributed by atoms with E-state index in [-0.39, 0.29) is 11.9 Å². The summed E-state index contributed by atoms with van der Waals surface area (Å²) in [5.41, 5.74) is 2.74. The molecule has 1 fully saturated rings. The number of pyridine rings is 1. The van der Waals surface area contributed by atoms with Crippen LogP contribution in [0.3, 0.4) is 0 Å². The summed E-state index contributed by atoms with van der Waals surface area (Å²) in [5.74, 6) is -0.360. The number of aromatic nitrogens is 1. The third-order valence-electron chi connectivity index (χ3n) is 5.24. The minimum atomic E-state index is -0.369. The van der Waals surface area contributed by atoms with Crippen molar-refractivity contribution in [3.8, 4) is 0 Å². The topological polar surface area (TPSA) is 62.7 Å². The molecule has 0 aliphatic carbocycles. The van der Waals surface area contributed by atoms with Crippen LogP contribution in [0, 0.1) is 0 Å². The first-order chi connectivity index (χ1) is 14.6. The van der Waals surface area contributed by atoms with E-state index >= 15 is 0 Å². The lowest BCUT2D eigenvalue weighted by Crippen LogP contribution is -2.48. The molecule has 30 heavy (non-hydrogen) atoms. The molecule has 154 valence electrons. The fourth-order valence-electron chi connectivity index (χ4n) is 3.73. The third-order valence-corrected chi connectivity index (χ3v) is 5.49. The molecule has 4 rings (SSSR count). The van der Waals surface area contributed by atoms with Gasteiger partial charge in [-0.2, -0.15) is 0 Å². The van der Waals surface area contributed by atoms with Gasteiger partial charge in [-0.05, 0) is 55.5 Å². The molecular weight excluding hydrogens is 402 g/mol. The molecule has 2 aromatic carbocycles. The van der Waals surface area contributed by atoms with Crippen LogP contribution in [0.4, 0.5) is 5.69 Å². The Kier molecular flexibility index (Phi) is 5.86. The van der Waals surface area contributed by atoms with E-state index < -0.39 is 0 Å². The van der Waals surface area contributed by atoms with Gasteiger partial charge < -0.3 is 14.5 Å². The van der Waals surface area contributed by atoms with E-state index in [1.807, 2.05) is 23.1 Å². The highest BCUT2D eigenvalue weighted by molar-refractivity contribution is 6.30. The average Bonchev–Trinajstić information content (AvgIpc) is 2.78. The standard InChI is InChI=1S/C23H22ClN3O3/c1-2-30-23(29)19-9-10-20(18-4-3-11-25-21(18)19)26-12-14-27(15-13-26)22(28)16-5-7-17(24)8-6-16/h3-11H,2,12-15H2,1H3. The first-order valence-electron chi connectivity index (χ1n) is 9.93. The molecule has 0 unspecified atom stereocenters. The van der Waals surface area contributed by atoms with Crippen LogP contribution in [0.25, 0.3) is 10.9 Å². The Bertz CT molecular complexity index is 1080. The number of hydrogen-bond donors (Lipinski definition) is 0. The number of benzene rings is 2. The van der Waals surface area contributed by atoms with Crippen molar-refractivity contribution in [3.05, 3.63) is 70.9 Å². The second kappa shape index (κ2) is 8.71. The number of carbonyl (C=O) groups is 2. The van der Waals surface area contributed by atoms with Crippen molar-refractivity contribution in [1.82, 2.24) is 9.88 Å². The number of hydrogen-bond acceptors (Lipinski definition) is 5. The van der Waals surface area contributed by atoms with Crippen molar-refractivity contribution >= 4 is 40.1 Å². The predicted molar refractivity (Wildman–Crippen MR) is 117 cm³/mol. The first kappa shape index (κ1) is 20.2. The monoisotopic (exact) mass is 423 g/mol. The summed E-state index contributed by atoms with van der Waals surface area (Å²) in [6.45, 7) is 4.72. The Morgan fingerprint density at radius 1 is 1.03 bits per heavy atom. The van der Waals surface area contributed by atoms with Gasteiger partial charge in [0.1, 0.15) is 0 Å². The maximum Gasteiger partial charge on any atom is 0.340 e. The SMILES string of the molecule is CCOC(=O)c1ccc(N2CCN(C(=O)c3ccc(Cl)cc3)CC2)c2cccnc12. The molecule has 0 bridgehead atoms. The van der Waals surface area contributed by atoms with Crippen molar-refractivity contribution in [2.75, 3.05) is 37.7 Å². The van der Waals surface area contributed by atoms with Crippen LogP contribution in [-0.4, -0.2) is 54.5 Å². The van der Waals surface area contributed by atoms with E-state index in [4.69, 9.17) is 16.3 Å². The quantitative estimate of drug-likeness (QED) is 0.593. The Morgan fingerprint density at radius 3 is 2.47 bits per heavy atom. The fourth-order valence-corrected chi connectivity index (χ4v) is 3.86. The van der Waals surface area contributed by atoms with Crippen molar-refractivity contribution < 1.29 is 14.3 Å². The van der Waals surface area contributed by atoms with Gasteiger partial charge in [0, 0.05) is 54.0 Å². The van der Waals surface area contributed by atoms with E-state index in [2.05, 4.69) is 9.88 Å². The molecular formula is C23H22ClN3O3. The maximum atomic E-state index is 12.8. The van der Waals surface area contributed by atoms with Gasteiger partial charge in [0.25, 0.3) is 5.91 Å². The highest BCUT2D eigenvalue weighted by atomic mass is 35.5. The van der Waals surface area contributed by atoms with Crippen LogP contribution >= 0.6 is 11.6 Å². The van der Waals surface area contributed by atoms with Gasteiger partial charge in [-0.25, -0.2) is 4.79 Å². The molecule has 3 aromatic rings. The van der Waals surface area contributed by atoms with Gasteiger partial charge in [-0.3, -0.25) is 9.78 Å². The van der Waals surface area contributed by atoms with Crippen LogP contribution in [-0.2, 0) is 4.74 Å². The zero-order chi connectivity index (χ0) is 21.1. The van der Waals surface area contributed by atoms with Gasteiger partial charge in [0.05, 0.1) is 17.7 Å². The van der Waals surface area contributed by atoms with Crippen molar-refractivity contribution in [1.29, 1.82) is 0 Å². The Balaban J connectivity index is 1.54. The van der Waals surface area contributed by atoms with Gasteiger partial charge in [-0.1, -0.05) is 11.6 Å². The number of anilines is 1. The van der Waals surface area contributed by atoms with E-state index in [0.717, 1.165) is 11.1 Å². The number of ether oxygens (including phenoxy) is 1. The number of nitrogens with zero attached hydrogens (tertiary/aromatic N) is 3. The summed E-state index contributed by atoms with van der Waals surface area (Å²) in [6.07, 6.45) is 1.68. The smallest absolute Gasteiger partial charge is 0.340 e. The maximum absolute atomic E-state index is 12.8. The molecule has 1 saturated heterocycles. The number of esters is 1. The summed E-state index contributed by atoms with van der Waals surface area (Å²) in [4.78, 5) is 33.6. The highest BCUT2D eigenvalue weighted by Gasteiger charge is 2.24. The normalized spacial score (nSPS) is 14.1.